The first-order valence-corrected chi connectivity index (χ1v) is 10.1. The molecule has 0 aromatic heterocycles. The Kier molecular flexibility index (Phi) is 6.10. The average molecular weight is 414 g/mol. The van der Waals surface area contributed by atoms with Gasteiger partial charge in [0.05, 0.1) is 4.90 Å². The molecule has 3 aromatic carbocycles. The van der Waals surface area contributed by atoms with Crippen molar-refractivity contribution in [3.8, 4) is 5.75 Å². The zero-order chi connectivity index (χ0) is 20.9. The highest BCUT2D eigenvalue weighted by Crippen LogP contribution is 2.25. The summed E-state index contributed by atoms with van der Waals surface area (Å²) in [7, 11) is -3.81. The first-order valence-electron chi connectivity index (χ1n) is 8.52. The van der Waals surface area contributed by atoms with E-state index in [4.69, 9.17) is 14.6 Å². The van der Waals surface area contributed by atoms with E-state index < -0.39 is 28.5 Å². The maximum absolute atomic E-state index is 11.9. The molecule has 0 radical (unpaired) electrons. The van der Waals surface area contributed by atoms with Crippen LogP contribution >= 0.6 is 0 Å². The maximum atomic E-state index is 11.9. The molecule has 3 aromatic rings. The van der Waals surface area contributed by atoms with Crippen LogP contribution in [-0.2, 0) is 24.3 Å². The summed E-state index contributed by atoms with van der Waals surface area (Å²) in [5.74, 6) is -0.732. The van der Waals surface area contributed by atoms with Crippen LogP contribution in [0.25, 0.3) is 10.8 Å². The van der Waals surface area contributed by atoms with Gasteiger partial charge in [-0.2, -0.15) is 0 Å². The van der Waals surface area contributed by atoms with Crippen LogP contribution in [0.15, 0.2) is 71.6 Å². The third kappa shape index (κ3) is 5.53. The molecule has 3 rings (SSSR count). The van der Waals surface area contributed by atoms with E-state index in [0.717, 1.165) is 10.8 Å². The van der Waals surface area contributed by atoms with Crippen molar-refractivity contribution >= 4 is 38.4 Å². The molecule has 0 saturated heterocycles. The minimum atomic E-state index is -3.81. The first-order chi connectivity index (χ1) is 13.8. The molecule has 3 N–H and O–H groups in total. The third-order valence-corrected chi connectivity index (χ3v) is 4.86. The summed E-state index contributed by atoms with van der Waals surface area (Å²) in [6, 6.07) is 18.3. The minimum Gasteiger partial charge on any atom is -0.481 e. The largest absolute Gasteiger partial charge is 0.481 e. The molecule has 0 aliphatic heterocycles. The van der Waals surface area contributed by atoms with E-state index in [1.165, 1.54) is 24.3 Å². The highest BCUT2D eigenvalue weighted by atomic mass is 32.2. The minimum absolute atomic E-state index is 0.0764. The Hall–Kier alpha value is -3.43. The Balaban J connectivity index is 1.48. The van der Waals surface area contributed by atoms with Crippen LogP contribution in [0.1, 0.15) is 0 Å². The zero-order valence-corrected chi connectivity index (χ0v) is 16.0. The number of hydrogen-bond donors (Lipinski definition) is 2. The lowest BCUT2D eigenvalue weighted by atomic mass is 10.1. The molecule has 1 amide bonds. The number of nitrogens with one attached hydrogen (secondary N) is 1. The van der Waals surface area contributed by atoms with Crippen molar-refractivity contribution in [2.75, 3.05) is 18.5 Å². The summed E-state index contributed by atoms with van der Waals surface area (Å²) in [5.41, 5.74) is 0.338. The molecule has 0 bridgehead atoms. The lowest BCUT2D eigenvalue weighted by Gasteiger charge is -2.10. The second-order valence-corrected chi connectivity index (χ2v) is 7.61. The van der Waals surface area contributed by atoms with E-state index in [-0.39, 0.29) is 11.5 Å². The fraction of sp³-hybridized carbons (Fsp3) is 0.100. The molecular formula is C20H18N2O6S. The van der Waals surface area contributed by atoms with E-state index in [9.17, 15) is 18.0 Å². The quantitative estimate of drug-likeness (QED) is 0.570. The number of ether oxygens (including phenoxy) is 2. The van der Waals surface area contributed by atoms with Crippen molar-refractivity contribution in [2.24, 2.45) is 5.14 Å². The second kappa shape index (κ2) is 8.72. The number of primary sulfonamides is 1. The number of nitrogens with two attached hydrogens (primary N) is 1. The standard InChI is InChI=1S/C20H18N2O6S/c21-29(25,26)16-10-8-15(9-11-16)22-19(23)12-28-20(24)13-27-18-7-3-5-14-4-1-2-6-17(14)18/h1-11H,12-13H2,(H,22,23)(H2,21,25,26). The van der Waals surface area contributed by atoms with Crippen molar-refractivity contribution in [1.82, 2.24) is 0 Å². The van der Waals surface area contributed by atoms with E-state index in [1.807, 2.05) is 36.4 Å². The van der Waals surface area contributed by atoms with Gasteiger partial charge in [0.15, 0.2) is 13.2 Å². The Bertz CT molecular complexity index is 1140. The van der Waals surface area contributed by atoms with Crippen molar-refractivity contribution in [3.63, 3.8) is 0 Å². The molecule has 0 fully saturated rings. The number of fused-ring (bicyclic) bond motifs is 1. The molecule has 9 heteroatoms. The van der Waals surface area contributed by atoms with Gasteiger partial charge in [0, 0.05) is 11.1 Å². The summed E-state index contributed by atoms with van der Waals surface area (Å²) < 4.78 is 32.8. The molecule has 0 unspecified atom stereocenters. The number of rotatable bonds is 7. The number of hydrogen-bond acceptors (Lipinski definition) is 6. The molecule has 0 saturated carbocycles. The molecule has 0 atom stereocenters. The van der Waals surface area contributed by atoms with E-state index in [0.29, 0.717) is 11.4 Å². The lowest BCUT2D eigenvalue weighted by Crippen LogP contribution is -2.23. The molecule has 150 valence electrons. The van der Waals surface area contributed by atoms with Gasteiger partial charge in [0.1, 0.15) is 5.75 Å². The summed E-state index contributed by atoms with van der Waals surface area (Å²) in [6.07, 6.45) is 0. The smallest absolute Gasteiger partial charge is 0.344 e. The zero-order valence-electron chi connectivity index (χ0n) is 15.2. The number of amides is 1. The fourth-order valence-electron chi connectivity index (χ4n) is 2.57. The van der Waals surface area contributed by atoms with Crippen LogP contribution in [0.5, 0.6) is 5.75 Å². The van der Waals surface area contributed by atoms with Crippen LogP contribution < -0.4 is 15.2 Å². The van der Waals surface area contributed by atoms with Gasteiger partial charge in [-0.3, -0.25) is 4.79 Å². The Morgan fingerprint density at radius 1 is 0.897 bits per heavy atom. The fourth-order valence-corrected chi connectivity index (χ4v) is 3.09. The summed E-state index contributed by atoms with van der Waals surface area (Å²) in [4.78, 5) is 23.7. The van der Waals surface area contributed by atoms with Gasteiger partial charge in [-0.1, -0.05) is 36.4 Å². The predicted octanol–water partition coefficient (Wildman–Crippen LogP) is 2.05. The maximum Gasteiger partial charge on any atom is 0.344 e. The second-order valence-electron chi connectivity index (χ2n) is 6.04. The number of carbonyl (C=O) groups is 2. The first kappa shape index (κ1) is 20.3. The Morgan fingerprint density at radius 2 is 1.59 bits per heavy atom. The van der Waals surface area contributed by atoms with Gasteiger partial charge >= 0.3 is 5.97 Å². The highest BCUT2D eigenvalue weighted by Gasteiger charge is 2.11. The highest BCUT2D eigenvalue weighted by molar-refractivity contribution is 7.89. The number of benzene rings is 3. The van der Waals surface area contributed by atoms with Gasteiger partial charge in [-0.15, -0.1) is 0 Å². The summed E-state index contributed by atoms with van der Waals surface area (Å²) in [5, 5.41) is 9.33. The van der Waals surface area contributed by atoms with Crippen LogP contribution in [0.2, 0.25) is 0 Å². The lowest BCUT2D eigenvalue weighted by molar-refractivity contribution is -0.149. The molecule has 29 heavy (non-hydrogen) atoms. The monoisotopic (exact) mass is 414 g/mol. The van der Waals surface area contributed by atoms with Gasteiger partial charge in [0.2, 0.25) is 10.0 Å². The number of esters is 1. The van der Waals surface area contributed by atoms with Gasteiger partial charge in [-0.25, -0.2) is 18.4 Å². The van der Waals surface area contributed by atoms with Gasteiger partial charge in [0.25, 0.3) is 5.91 Å². The Labute approximate surface area is 167 Å². The van der Waals surface area contributed by atoms with E-state index in [1.54, 1.807) is 6.07 Å². The van der Waals surface area contributed by atoms with Crippen molar-refractivity contribution in [2.45, 2.75) is 4.90 Å². The van der Waals surface area contributed by atoms with Crippen molar-refractivity contribution in [1.29, 1.82) is 0 Å². The summed E-state index contributed by atoms with van der Waals surface area (Å²) >= 11 is 0. The SMILES string of the molecule is NS(=O)(=O)c1ccc(NC(=O)COC(=O)COc2cccc3ccccc23)cc1. The van der Waals surface area contributed by atoms with Crippen LogP contribution in [-0.4, -0.2) is 33.5 Å². The molecule has 0 heterocycles. The third-order valence-electron chi connectivity index (χ3n) is 3.93. The van der Waals surface area contributed by atoms with Gasteiger partial charge < -0.3 is 14.8 Å². The molecular weight excluding hydrogens is 396 g/mol. The van der Waals surface area contributed by atoms with Crippen LogP contribution in [0, 0.1) is 0 Å². The molecule has 0 aliphatic carbocycles. The number of sulfonamides is 1. The van der Waals surface area contributed by atoms with Crippen molar-refractivity contribution in [3.05, 3.63) is 66.7 Å². The normalized spacial score (nSPS) is 11.1. The van der Waals surface area contributed by atoms with Crippen molar-refractivity contribution < 1.29 is 27.5 Å². The number of anilines is 1. The summed E-state index contributed by atoms with van der Waals surface area (Å²) in [6.45, 7) is -0.848. The van der Waals surface area contributed by atoms with Crippen LogP contribution in [0.4, 0.5) is 5.69 Å². The van der Waals surface area contributed by atoms with E-state index in [2.05, 4.69) is 5.32 Å². The number of carbonyl (C=O) groups excluding carboxylic acids is 2. The van der Waals surface area contributed by atoms with E-state index >= 15 is 0 Å². The topological polar surface area (TPSA) is 125 Å². The predicted molar refractivity (Wildman–Crippen MR) is 107 cm³/mol. The molecule has 0 spiro atoms. The molecule has 8 nitrogen and oxygen atoms in total. The van der Waals surface area contributed by atoms with Crippen LogP contribution in [0.3, 0.4) is 0 Å². The molecule has 0 aliphatic rings. The van der Waals surface area contributed by atoms with Gasteiger partial charge in [-0.05, 0) is 35.7 Å². The average Bonchev–Trinajstić information content (AvgIpc) is 2.70. The Morgan fingerprint density at radius 3 is 2.31 bits per heavy atom.